The summed E-state index contributed by atoms with van der Waals surface area (Å²) in [7, 11) is 0. The molecule has 0 bridgehead atoms. The Morgan fingerprint density at radius 3 is 2.59 bits per heavy atom. The van der Waals surface area contributed by atoms with E-state index in [0.29, 0.717) is 11.8 Å². The van der Waals surface area contributed by atoms with Gasteiger partial charge in [0.2, 0.25) is 5.89 Å². The molecule has 96 valence electrons. The molecule has 1 aliphatic carbocycles. The van der Waals surface area contributed by atoms with Crippen molar-refractivity contribution in [3.63, 3.8) is 0 Å². The lowest BCUT2D eigenvalue weighted by Gasteiger charge is -2.21. The van der Waals surface area contributed by atoms with Gasteiger partial charge in [0.1, 0.15) is 0 Å². The van der Waals surface area contributed by atoms with E-state index >= 15 is 0 Å². The Hall–Kier alpha value is -0.900. The Kier molecular flexibility index (Phi) is 3.52. The molecule has 17 heavy (non-hydrogen) atoms. The molecule has 1 fully saturated rings. The second-order valence-corrected chi connectivity index (χ2v) is 5.44. The number of rotatable bonds is 4. The summed E-state index contributed by atoms with van der Waals surface area (Å²) in [5, 5.41) is 4.13. The van der Waals surface area contributed by atoms with Crippen LogP contribution in [0, 0.1) is 5.92 Å². The predicted octanol–water partition coefficient (Wildman–Crippen LogP) is 2.95. The fraction of sp³-hybridized carbons (Fsp3) is 0.846. The van der Waals surface area contributed by atoms with Crippen molar-refractivity contribution in [1.29, 1.82) is 0 Å². The largest absolute Gasteiger partial charge is 0.337 e. The zero-order chi connectivity index (χ0) is 12.5. The fourth-order valence-corrected chi connectivity index (χ4v) is 2.60. The van der Waals surface area contributed by atoms with Gasteiger partial charge in [0.15, 0.2) is 5.82 Å². The Morgan fingerprint density at radius 1 is 1.35 bits per heavy atom. The molecule has 4 nitrogen and oxygen atoms in total. The second kappa shape index (κ2) is 4.77. The van der Waals surface area contributed by atoms with Crippen LogP contribution in [0.2, 0.25) is 0 Å². The van der Waals surface area contributed by atoms with Gasteiger partial charge in [-0.2, -0.15) is 4.98 Å². The summed E-state index contributed by atoms with van der Waals surface area (Å²) >= 11 is 0. The van der Waals surface area contributed by atoms with Crippen LogP contribution >= 0.6 is 0 Å². The first-order chi connectivity index (χ1) is 8.09. The van der Waals surface area contributed by atoms with E-state index in [2.05, 4.69) is 30.9 Å². The van der Waals surface area contributed by atoms with E-state index in [1.54, 1.807) is 0 Å². The topological polar surface area (TPSA) is 64.9 Å². The molecule has 0 saturated heterocycles. The zero-order valence-electron chi connectivity index (χ0n) is 11.1. The van der Waals surface area contributed by atoms with Crippen molar-refractivity contribution >= 4 is 0 Å². The SMILES string of the molecule is CCC(N)(CC)c1nc(C2CCC(C)C2)no1. The van der Waals surface area contributed by atoms with Gasteiger partial charge >= 0.3 is 0 Å². The third-order valence-electron chi connectivity index (χ3n) is 4.19. The van der Waals surface area contributed by atoms with Crippen LogP contribution in [0.15, 0.2) is 4.52 Å². The highest BCUT2D eigenvalue weighted by Gasteiger charge is 2.32. The average molecular weight is 237 g/mol. The fourth-order valence-electron chi connectivity index (χ4n) is 2.60. The maximum Gasteiger partial charge on any atom is 0.246 e. The number of hydrogen-bond donors (Lipinski definition) is 1. The zero-order valence-corrected chi connectivity index (χ0v) is 11.1. The van der Waals surface area contributed by atoms with Gasteiger partial charge in [-0.05, 0) is 38.0 Å². The molecule has 0 radical (unpaired) electrons. The molecule has 1 aliphatic rings. The van der Waals surface area contributed by atoms with Crippen LogP contribution in [0.25, 0.3) is 0 Å². The quantitative estimate of drug-likeness (QED) is 0.874. The first kappa shape index (κ1) is 12.6. The minimum Gasteiger partial charge on any atom is -0.337 e. The van der Waals surface area contributed by atoms with Gasteiger partial charge in [0, 0.05) is 5.92 Å². The third kappa shape index (κ3) is 2.37. The van der Waals surface area contributed by atoms with Crippen LogP contribution in [0.5, 0.6) is 0 Å². The Bertz CT molecular complexity index is 370. The van der Waals surface area contributed by atoms with E-state index in [4.69, 9.17) is 10.3 Å². The Morgan fingerprint density at radius 2 is 2.06 bits per heavy atom. The van der Waals surface area contributed by atoms with Crippen molar-refractivity contribution in [3.05, 3.63) is 11.7 Å². The van der Waals surface area contributed by atoms with Crippen molar-refractivity contribution in [2.75, 3.05) is 0 Å². The maximum atomic E-state index is 6.26. The maximum absolute atomic E-state index is 6.26. The molecule has 1 heterocycles. The van der Waals surface area contributed by atoms with E-state index in [0.717, 1.165) is 24.6 Å². The van der Waals surface area contributed by atoms with Crippen LogP contribution in [0.1, 0.15) is 70.5 Å². The number of nitrogens with two attached hydrogens (primary N) is 1. The molecule has 0 aliphatic heterocycles. The van der Waals surface area contributed by atoms with Gasteiger partial charge < -0.3 is 10.3 Å². The van der Waals surface area contributed by atoms with Crippen LogP contribution in [-0.2, 0) is 5.54 Å². The molecule has 0 spiro atoms. The van der Waals surface area contributed by atoms with E-state index in [1.807, 2.05) is 0 Å². The van der Waals surface area contributed by atoms with Gasteiger partial charge in [-0.1, -0.05) is 25.9 Å². The van der Waals surface area contributed by atoms with Gasteiger partial charge in [-0.3, -0.25) is 0 Å². The second-order valence-electron chi connectivity index (χ2n) is 5.44. The predicted molar refractivity (Wildman–Crippen MR) is 66.5 cm³/mol. The van der Waals surface area contributed by atoms with Gasteiger partial charge in [-0.25, -0.2) is 0 Å². The van der Waals surface area contributed by atoms with Crippen molar-refractivity contribution in [3.8, 4) is 0 Å². The molecule has 4 heteroatoms. The summed E-state index contributed by atoms with van der Waals surface area (Å²) in [6, 6.07) is 0. The molecule has 2 unspecified atom stereocenters. The summed E-state index contributed by atoms with van der Waals surface area (Å²) in [6.45, 7) is 6.41. The molecule has 2 rings (SSSR count). The molecule has 2 atom stereocenters. The van der Waals surface area contributed by atoms with Gasteiger partial charge in [-0.15, -0.1) is 0 Å². The number of hydrogen-bond acceptors (Lipinski definition) is 4. The molecular formula is C13H23N3O. The first-order valence-corrected chi connectivity index (χ1v) is 6.72. The highest BCUT2D eigenvalue weighted by atomic mass is 16.5. The molecule has 2 N–H and O–H groups in total. The summed E-state index contributed by atoms with van der Waals surface area (Å²) in [4.78, 5) is 4.54. The Balaban J connectivity index is 2.15. The lowest BCUT2D eigenvalue weighted by molar-refractivity contribution is 0.266. The van der Waals surface area contributed by atoms with Crippen LogP contribution in [0.3, 0.4) is 0 Å². The lowest BCUT2D eigenvalue weighted by atomic mass is 9.94. The summed E-state index contributed by atoms with van der Waals surface area (Å²) < 4.78 is 5.37. The molecule has 0 amide bonds. The van der Waals surface area contributed by atoms with E-state index < -0.39 is 5.54 Å². The lowest BCUT2D eigenvalue weighted by Crippen LogP contribution is -2.35. The third-order valence-corrected chi connectivity index (χ3v) is 4.19. The van der Waals surface area contributed by atoms with Gasteiger partial charge in [0.25, 0.3) is 0 Å². The minimum atomic E-state index is -0.449. The molecule has 0 aromatic carbocycles. The Labute approximate surface area is 103 Å². The van der Waals surface area contributed by atoms with Crippen molar-refractivity contribution < 1.29 is 4.52 Å². The first-order valence-electron chi connectivity index (χ1n) is 6.72. The highest BCUT2D eigenvalue weighted by molar-refractivity contribution is 5.05. The van der Waals surface area contributed by atoms with E-state index in [1.165, 1.54) is 19.3 Å². The van der Waals surface area contributed by atoms with Crippen LogP contribution in [-0.4, -0.2) is 10.1 Å². The average Bonchev–Trinajstić information content (AvgIpc) is 2.96. The standard InChI is InChI=1S/C13H23N3O/c1-4-13(14,5-2)12-15-11(16-17-12)10-7-6-9(3)8-10/h9-10H,4-8,14H2,1-3H3. The van der Waals surface area contributed by atoms with Crippen molar-refractivity contribution in [2.24, 2.45) is 11.7 Å². The summed E-state index contributed by atoms with van der Waals surface area (Å²) in [5.74, 6) is 2.72. The van der Waals surface area contributed by atoms with Crippen LogP contribution < -0.4 is 5.73 Å². The summed E-state index contributed by atoms with van der Waals surface area (Å²) in [5.41, 5.74) is 5.81. The molecule has 1 saturated carbocycles. The monoisotopic (exact) mass is 237 g/mol. The highest BCUT2D eigenvalue weighted by Crippen LogP contribution is 2.37. The van der Waals surface area contributed by atoms with E-state index in [9.17, 15) is 0 Å². The minimum absolute atomic E-state index is 0.449. The summed E-state index contributed by atoms with van der Waals surface area (Å²) in [6.07, 6.45) is 5.27. The molecule has 1 aromatic rings. The van der Waals surface area contributed by atoms with Gasteiger partial charge in [0.05, 0.1) is 5.54 Å². The normalized spacial score (nSPS) is 25.4. The number of nitrogens with zero attached hydrogens (tertiary/aromatic N) is 2. The van der Waals surface area contributed by atoms with E-state index in [-0.39, 0.29) is 0 Å². The molecular weight excluding hydrogens is 214 g/mol. The van der Waals surface area contributed by atoms with Crippen molar-refractivity contribution in [1.82, 2.24) is 10.1 Å². The van der Waals surface area contributed by atoms with Crippen LogP contribution in [0.4, 0.5) is 0 Å². The smallest absolute Gasteiger partial charge is 0.246 e. The number of aromatic nitrogens is 2. The molecule has 1 aromatic heterocycles. The van der Waals surface area contributed by atoms with Crippen molar-refractivity contribution in [2.45, 2.75) is 64.3 Å².